The molecule has 3 rings (SSSR count). The van der Waals surface area contributed by atoms with Gasteiger partial charge in [0.15, 0.2) is 0 Å². The minimum absolute atomic E-state index is 0.0234. The predicted molar refractivity (Wildman–Crippen MR) is 94.2 cm³/mol. The van der Waals surface area contributed by atoms with Crippen molar-refractivity contribution in [3.05, 3.63) is 34.9 Å². The van der Waals surface area contributed by atoms with E-state index in [2.05, 4.69) is 0 Å². The van der Waals surface area contributed by atoms with Crippen molar-refractivity contribution < 1.29 is 14.4 Å². The van der Waals surface area contributed by atoms with Gasteiger partial charge in [-0.05, 0) is 31.0 Å². The van der Waals surface area contributed by atoms with E-state index in [1.807, 2.05) is 31.2 Å². The summed E-state index contributed by atoms with van der Waals surface area (Å²) in [5.41, 5.74) is 1.13. The van der Waals surface area contributed by atoms with Gasteiger partial charge >= 0.3 is 11.8 Å². The number of carbonyl (C=O) groups is 3. The van der Waals surface area contributed by atoms with E-state index in [1.54, 1.807) is 4.90 Å². The van der Waals surface area contributed by atoms with E-state index in [1.165, 1.54) is 9.80 Å². The molecule has 134 valence electrons. The van der Waals surface area contributed by atoms with Crippen LogP contribution in [0.2, 0.25) is 5.02 Å². The molecule has 2 fully saturated rings. The molecular weight excluding hydrogens is 342 g/mol. The van der Waals surface area contributed by atoms with Crippen LogP contribution in [0.15, 0.2) is 24.3 Å². The molecule has 25 heavy (non-hydrogen) atoms. The molecule has 0 saturated carbocycles. The van der Waals surface area contributed by atoms with Gasteiger partial charge in [-0.15, -0.1) is 0 Å². The number of hydrogen-bond acceptors (Lipinski definition) is 3. The highest BCUT2D eigenvalue weighted by Gasteiger charge is 2.35. The van der Waals surface area contributed by atoms with Crippen LogP contribution in [0.5, 0.6) is 0 Å². The highest BCUT2D eigenvalue weighted by atomic mass is 35.5. The molecule has 0 bridgehead atoms. The number of piperazine rings is 1. The summed E-state index contributed by atoms with van der Waals surface area (Å²) in [6.07, 6.45) is 0.878. The van der Waals surface area contributed by atoms with Crippen molar-refractivity contribution in [2.45, 2.75) is 19.3 Å². The third-order valence-electron chi connectivity index (χ3n) is 4.97. The molecule has 1 aromatic carbocycles. The lowest BCUT2D eigenvalue weighted by Crippen LogP contribution is -2.56. The first-order chi connectivity index (χ1) is 12.0. The Bertz CT molecular complexity index is 694. The molecule has 3 amide bonds. The normalized spacial score (nSPS) is 21.2. The van der Waals surface area contributed by atoms with Gasteiger partial charge < -0.3 is 14.7 Å². The largest absolute Gasteiger partial charge is 0.341 e. The van der Waals surface area contributed by atoms with Gasteiger partial charge in [-0.3, -0.25) is 14.4 Å². The van der Waals surface area contributed by atoms with E-state index in [-0.39, 0.29) is 18.4 Å². The molecule has 0 unspecified atom stereocenters. The summed E-state index contributed by atoms with van der Waals surface area (Å²) in [6, 6.07) is 7.71. The first-order valence-electron chi connectivity index (χ1n) is 8.61. The third-order valence-corrected chi connectivity index (χ3v) is 5.20. The van der Waals surface area contributed by atoms with E-state index in [0.29, 0.717) is 37.7 Å². The van der Waals surface area contributed by atoms with E-state index >= 15 is 0 Å². The van der Waals surface area contributed by atoms with Crippen molar-refractivity contribution in [1.82, 2.24) is 14.7 Å². The number of likely N-dealkylation sites (N-methyl/N-ethyl adjacent to an activating group) is 1. The summed E-state index contributed by atoms with van der Waals surface area (Å²) in [5, 5.41) is 0.695. The van der Waals surface area contributed by atoms with E-state index in [4.69, 9.17) is 11.6 Å². The van der Waals surface area contributed by atoms with Crippen molar-refractivity contribution >= 4 is 29.3 Å². The van der Waals surface area contributed by atoms with Crippen LogP contribution in [0.25, 0.3) is 0 Å². The maximum atomic E-state index is 12.5. The van der Waals surface area contributed by atoms with Crippen molar-refractivity contribution in [1.29, 1.82) is 0 Å². The first-order valence-corrected chi connectivity index (χ1v) is 8.98. The maximum Gasteiger partial charge on any atom is 0.312 e. The van der Waals surface area contributed by atoms with Gasteiger partial charge in [0.25, 0.3) is 0 Å². The van der Waals surface area contributed by atoms with Crippen LogP contribution in [0.4, 0.5) is 0 Å². The highest BCUT2D eigenvalue weighted by Crippen LogP contribution is 2.28. The van der Waals surface area contributed by atoms with Crippen molar-refractivity contribution in [2.75, 3.05) is 39.3 Å². The number of rotatable bonds is 4. The monoisotopic (exact) mass is 363 g/mol. The van der Waals surface area contributed by atoms with Gasteiger partial charge in [0.2, 0.25) is 5.91 Å². The molecule has 1 aromatic rings. The Morgan fingerprint density at radius 1 is 1.16 bits per heavy atom. The average molecular weight is 364 g/mol. The van der Waals surface area contributed by atoms with Crippen LogP contribution in [0.3, 0.4) is 0 Å². The fraction of sp³-hybridized carbons (Fsp3) is 0.500. The molecule has 0 radical (unpaired) electrons. The second-order valence-electron chi connectivity index (χ2n) is 6.49. The van der Waals surface area contributed by atoms with Crippen LogP contribution < -0.4 is 0 Å². The van der Waals surface area contributed by atoms with E-state index in [0.717, 1.165) is 12.0 Å². The SMILES string of the molecule is CCN1CCN(CC(=O)N2CC[C@@H](c3cccc(Cl)c3)C2)C(=O)C1=O. The molecule has 2 aliphatic heterocycles. The van der Waals surface area contributed by atoms with Gasteiger partial charge in [0.05, 0.1) is 0 Å². The van der Waals surface area contributed by atoms with Gasteiger partial charge in [-0.1, -0.05) is 23.7 Å². The zero-order chi connectivity index (χ0) is 18.0. The Hall–Kier alpha value is -2.08. The van der Waals surface area contributed by atoms with Gasteiger partial charge in [0.1, 0.15) is 6.54 Å². The van der Waals surface area contributed by atoms with Gasteiger partial charge in [-0.25, -0.2) is 0 Å². The summed E-state index contributed by atoms with van der Waals surface area (Å²) in [6.45, 7) is 4.51. The van der Waals surface area contributed by atoms with E-state index in [9.17, 15) is 14.4 Å². The molecule has 0 N–H and O–H groups in total. The molecule has 6 nitrogen and oxygen atoms in total. The van der Waals surface area contributed by atoms with Crippen molar-refractivity contribution in [3.8, 4) is 0 Å². The van der Waals surface area contributed by atoms with Crippen LogP contribution in [-0.2, 0) is 14.4 Å². The molecular formula is C18H22ClN3O3. The van der Waals surface area contributed by atoms with Crippen LogP contribution >= 0.6 is 11.6 Å². The minimum atomic E-state index is -0.577. The lowest BCUT2D eigenvalue weighted by molar-refractivity contribution is -0.157. The van der Waals surface area contributed by atoms with Crippen LogP contribution in [0, 0.1) is 0 Å². The molecule has 1 atom stereocenters. The minimum Gasteiger partial charge on any atom is -0.341 e. The Labute approximate surface area is 152 Å². The number of halogens is 1. The number of amides is 3. The smallest absolute Gasteiger partial charge is 0.312 e. The Balaban J connectivity index is 1.58. The van der Waals surface area contributed by atoms with Crippen LogP contribution in [0.1, 0.15) is 24.8 Å². The molecule has 2 saturated heterocycles. The summed E-state index contributed by atoms with van der Waals surface area (Å²) >= 11 is 6.04. The Morgan fingerprint density at radius 2 is 1.88 bits per heavy atom. The van der Waals surface area contributed by atoms with Gasteiger partial charge in [-0.2, -0.15) is 0 Å². The molecule has 0 aromatic heterocycles. The number of carbonyl (C=O) groups excluding carboxylic acids is 3. The predicted octanol–water partition coefficient (Wildman–Crippen LogP) is 1.35. The lowest BCUT2D eigenvalue weighted by Gasteiger charge is -2.33. The second-order valence-corrected chi connectivity index (χ2v) is 6.93. The fourth-order valence-corrected chi connectivity index (χ4v) is 3.65. The second kappa shape index (κ2) is 7.44. The summed E-state index contributed by atoms with van der Waals surface area (Å²) < 4.78 is 0. The molecule has 2 heterocycles. The number of nitrogens with zero attached hydrogens (tertiary/aromatic N) is 3. The third kappa shape index (κ3) is 3.79. The Morgan fingerprint density at radius 3 is 2.60 bits per heavy atom. The Kier molecular flexibility index (Phi) is 5.27. The number of hydrogen-bond donors (Lipinski definition) is 0. The van der Waals surface area contributed by atoms with Crippen molar-refractivity contribution in [3.63, 3.8) is 0 Å². The first kappa shape index (κ1) is 17.7. The quantitative estimate of drug-likeness (QED) is 0.759. The lowest BCUT2D eigenvalue weighted by atomic mass is 9.99. The fourth-order valence-electron chi connectivity index (χ4n) is 3.45. The highest BCUT2D eigenvalue weighted by molar-refractivity contribution is 6.35. The summed E-state index contributed by atoms with van der Waals surface area (Å²) in [7, 11) is 0. The topological polar surface area (TPSA) is 60.9 Å². The molecule has 7 heteroatoms. The summed E-state index contributed by atoms with van der Waals surface area (Å²) in [5.74, 6) is -0.931. The number of benzene rings is 1. The average Bonchev–Trinajstić information content (AvgIpc) is 3.09. The standard InChI is InChI=1S/C18H22ClN3O3/c1-2-20-8-9-22(18(25)17(20)24)12-16(23)21-7-6-14(11-21)13-4-3-5-15(19)10-13/h3-5,10,14H,2,6-9,11-12H2,1H3/t14-/m1/s1. The number of likely N-dealkylation sites (tertiary alicyclic amines) is 1. The van der Waals surface area contributed by atoms with Crippen LogP contribution in [-0.4, -0.2) is 71.7 Å². The summed E-state index contributed by atoms with van der Waals surface area (Å²) in [4.78, 5) is 41.2. The zero-order valence-corrected chi connectivity index (χ0v) is 15.0. The maximum absolute atomic E-state index is 12.5. The van der Waals surface area contributed by atoms with Crippen molar-refractivity contribution in [2.24, 2.45) is 0 Å². The van der Waals surface area contributed by atoms with E-state index < -0.39 is 11.8 Å². The molecule has 0 spiro atoms. The molecule has 0 aliphatic carbocycles. The zero-order valence-electron chi connectivity index (χ0n) is 14.3. The molecule has 2 aliphatic rings. The van der Waals surface area contributed by atoms with Gasteiger partial charge in [0, 0.05) is 43.7 Å².